The molecule has 6 heteroatoms. The van der Waals surface area contributed by atoms with Gasteiger partial charge in [-0.05, 0) is 50.2 Å². The molecule has 0 bridgehead atoms. The van der Waals surface area contributed by atoms with E-state index in [0.29, 0.717) is 13.1 Å². The summed E-state index contributed by atoms with van der Waals surface area (Å²) in [6, 6.07) is 8.49. The summed E-state index contributed by atoms with van der Waals surface area (Å²) in [5, 5.41) is 3.60. The molecule has 0 spiro atoms. The molecule has 3 heterocycles. The molecule has 2 aromatic rings. The van der Waals surface area contributed by atoms with E-state index < -0.39 is 0 Å². The quantitative estimate of drug-likeness (QED) is 0.564. The number of benzene rings is 1. The second-order valence-corrected chi connectivity index (χ2v) is 10.4. The summed E-state index contributed by atoms with van der Waals surface area (Å²) in [4.78, 5) is 26.6. The SMILES string of the molecule is C/C=C(/CNc1ncnc2c1CCN(C(=O)CN1CCCc3ccccc31)C2)CC1CCCCC1. The van der Waals surface area contributed by atoms with Gasteiger partial charge in [-0.1, -0.05) is 62.0 Å². The average molecular weight is 474 g/mol. The maximum atomic E-state index is 13.2. The van der Waals surface area contributed by atoms with Crippen molar-refractivity contribution in [2.24, 2.45) is 5.92 Å². The normalized spacial score (nSPS) is 18.7. The summed E-state index contributed by atoms with van der Waals surface area (Å²) in [7, 11) is 0. The van der Waals surface area contributed by atoms with Gasteiger partial charge in [-0.2, -0.15) is 0 Å². The number of fused-ring (bicyclic) bond motifs is 2. The average Bonchev–Trinajstić information content (AvgIpc) is 2.91. The lowest BCUT2D eigenvalue weighted by Crippen LogP contribution is -2.44. The number of hydrogen-bond acceptors (Lipinski definition) is 5. The number of hydrogen-bond donors (Lipinski definition) is 1. The highest BCUT2D eigenvalue weighted by atomic mass is 16.2. The van der Waals surface area contributed by atoms with Gasteiger partial charge in [0.25, 0.3) is 0 Å². The molecular weight excluding hydrogens is 434 g/mol. The lowest BCUT2D eigenvalue weighted by molar-refractivity contribution is -0.130. The van der Waals surface area contributed by atoms with Crippen molar-refractivity contribution >= 4 is 17.4 Å². The van der Waals surface area contributed by atoms with Crippen LogP contribution in [0.15, 0.2) is 42.2 Å². The first-order valence-corrected chi connectivity index (χ1v) is 13.5. The number of aryl methyl sites for hydroxylation is 1. The van der Waals surface area contributed by atoms with E-state index in [1.165, 1.54) is 60.9 Å². The zero-order valence-electron chi connectivity index (χ0n) is 21.1. The summed E-state index contributed by atoms with van der Waals surface area (Å²) in [5.41, 5.74) is 6.19. The van der Waals surface area contributed by atoms with Gasteiger partial charge in [-0.3, -0.25) is 4.79 Å². The molecule has 1 amide bonds. The van der Waals surface area contributed by atoms with E-state index in [1.54, 1.807) is 6.33 Å². The molecule has 3 aliphatic rings. The van der Waals surface area contributed by atoms with Crippen LogP contribution in [0.2, 0.25) is 0 Å². The minimum Gasteiger partial charge on any atom is -0.366 e. The van der Waals surface area contributed by atoms with Crippen molar-refractivity contribution in [2.75, 3.05) is 36.4 Å². The van der Waals surface area contributed by atoms with Gasteiger partial charge >= 0.3 is 0 Å². The molecule has 1 aromatic carbocycles. The number of para-hydroxylation sites is 1. The monoisotopic (exact) mass is 473 g/mol. The molecule has 186 valence electrons. The lowest BCUT2D eigenvalue weighted by Gasteiger charge is -2.34. The van der Waals surface area contributed by atoms with Gasteiger partial charge in [0.2, 0.25) is 5.91 Å². The van der Waals surface area contributed by atoms with Gasteiger partial charge in [0.05, 0.1) is 18.8 Å². The minimum atomic E-state index is 0.184. The Morgan fingerprint density at radius 1 is 1.09 bits per heavy atom. The number of aromatic nitrogens is 2. The van der Waals surface area contributed by atoms with Crippen LogP contribution in [0.4, 0.5) is 11.5 Å². The topological polar surface area (TPSA) is 61.4 Å². The molecule has 1 N–H and O–H groups in total. The molecule has 5 rings (SSSR count). The Morgan fingerprint density at radius 2 is 1.94 bits per heavy atom. The Morgan fingerprint density at radius 3 is 2.80 bits per heavy atom. The van der Waals surface area contributed by atoms with Crippen molar-refractivity contribution in [1.29, 1.82) is 0 Å². The number of amides is 1. The van der Waals surface area contributed by atoms with Crippen LogP contribution in [0, 0.1) is 5.92 Å². The van der Waals surface area contributed by atoms with E-state index in [-0.39, 0.29) is 5.91 Å². The molecule has 0 radical (unpaired) electrons. The van der Waals surface area contributed by atoms with Gasteiger partial charge in [0.15, 0.2) is 0 Å². The smallest absolute Gasteiger partial charge is 0.242 e. The maximum absolute atomic E-state index is 13.2. The van der Waals surface area contributed by atoms with Crippen molar-refractivity contribution in [1.82, 2.24) is 14.9 Å². The lowest BCUT2D eigenvalue weighted by atomic mass is 9.84. The predicted octanol–water partition coefficient (Wildman–Crippen LogP) is 5.14. The number of anilines is 2. The molecule has 0 atom stereocenters. The van der Waals surface area contributed by atoms with Gasteiger partial charge < -0.3 is 15.1 Å². The Bertz CT molecular complexity index is 1060. The molecule has 1 aromatic heterocycles. The molecule has 2 aliphatic heterocycles. The first kappa shape index (κ1) is 23.8. The third-order valence-corrected chi connectivity index (χ3v) is 8.06. The van der Waals surface area contributed by atoms with Gasteiger partial charge in [0.1, 0.15) is 12.1 Å². The molecule has 6 nitrogen and oxygen atoms in total. The number of allylic oxidation sites excluding steroid dienone is 1. The fourth-order valence-corrected chi connectivity index (χ4v) is 6.01. The summed E-state index contributed by atoms with van der Waals surface area (Å²) in [5.74, 6) is 1.96. The van der Waals surface area contributed by atoms with Gasteiger partial charge in [0, 0.05) is 30.9 Å². The number of nitrogens with one attached hydrogen (secondary N) is 1. The van der Waals surface area contributed by atoms with E-state index in [2.05, 4.69) is 57.4 Å². The summed E-state index contributed by atoms with van der Waals surface area (Å²) in [6.07, 6.45) is 15.0. The molecule has 0 saturated heterocycles. The zero-order chi connectivity index (χ0) is 24.0. The van der Waals surface area contributed by atoms with Crippen molar-refractivity contribution in [3.8, 4) is 0 Å². The fraction of sp³-hybridized carbons (Fsp3) is 0.552. The van der Waals surface area contributed by atoms with E-state index in [4.69, 9.17) is 0 Å². The largest absolute Gasteiger partial charge is 0.366 e. The summed E-state index contributed by atoms with van der Waals surface area (Å²) < 4.78 is 0. The molecular formula is C29H39N5O. The molecule has 1 aliphatic carbocycles. The van der Waals surface area contributed by atoms with Crippen LogP contribution >= 0.6 is 0 Å². The standard InChI is InChI=1S/C29H39N5O/c1-2-22(17-23-9-4-3-5-10-23)18-30-29-25-14-16-34(19-26(25)31-21-32-29)28(35)20-33-15-8-12-24-11-6-7-13-27(24)33/h2,6-7,11,13,21,23H,3-5,8-10,12,14-20H2,1H3,(H,30,31,32)/b22-2+. The highest BCUT2D eigenvalue weighted by molar-refractivity contribution is 5.82. The second-order valence-electron chi connectivity index (χ2n) is 10.4. The maximum Gasteiger partial charge on any atom is 0.242 e. The fourth-order valence-electron chi connectivity index (χ4n) is 6.01. The summed E-state index contributed by atoms with van der Waals surface area (Å²) >= 11 is 0. The highest BCUT2D eigenvalue weighted by Gasteiger charge is 2.27. The van der Waals surface area contributed by atoms with Crippen molar-refractivity contribution < 1.29 is 4.79 Å². The van der Waals surface area contributed by atoms with Crippen LogP contribution in [0.1, 0.15) is 68.7 Å². The Balaban J connectivity index is 1.19. The molecule has 1 fully saturated rings. The van der Waals surface area contributed by atoms with E-state index >= 15 is 0 Å². The Kier molecular flexibility index (Phi) is 7.65. The van der Waals surface area contributed by atoms with Gasteiger partial charge in [-0.25, -0.2) is 9.97 Å². The van der Waals surface area contributed by atoms with Crippen LogP contribution in [-0.4, -0.2) is 47.0 Å². The zero-order valence-corrected chi connectivity index (χ0v) is 21.1. The van der Waals surface area contributed by atoms with Crippen LogP contribution in [0.5, 0.6) is 0 Å². The number of carbonyl (C=O) groups excluding carboxylic acids is 1. The van der Waals surface area contributed by atoms with Crippen molar-refractivity contribution in [3.63, 3.8) is 0 Å². The van der Waals surface area contributed by atoms with Crippen LogP contribution < -0.4 is 10.2 Å². The minimum absolute atomic E-state index is 0.184. The van der Waals surface area contributed by atoms with Crippen LogP contribution in [-0.2, 0) is 24.2 Å². The van der Waals surface area contributed by atoms with Crippen molar-refractivity contribution in [2.45, 2.75) is 71.3 Å². The molecule has 1 saturated carbocycles. The first-order valence-electron chi connectivity index (χ1n) is 13.5. The van der Waals surface area contributed by atoms with E-state index in [0.717, 1.165) is 56.3 Å². The molecule has 35 heavy (non-hydrogen) atoms. The van der Waals surface area contributed by atoms with E-state index in [1.807, 2.05) is 4.90 Å². The Labute approximate surface area is 209 Å². The first-order chi connectivity index (χ1) is 17.2. The van der Waals surface area contributed by atoms with Crippen LogP contribution in [0.3, 0.4) is 0 Å². The summed E-state index contributed by atoms with van der Waals surface area (Å²) in [6.45, 7) is 5.67. The third kappa shape index (κ3) is 5.68. The number of rotatable bonds is 7. The van der Waals surface area contributed by atoms with Crippen molar-refractivity contribution in [3.05, 3.63) is 59.1 Å². The number of nitrogens with zero attached hydrogens (tertiary/aromatic N) is 4. The predicted molar refractivity (Wildman–Crippen MR) is 142 cm³/mol. The van der Waals surface area contributed by atoms with Gasteiger partial charge in [-0.15, -0.1) is 0 Å². The van der Waals surface area contributed by atoms with E-state index in [9.17, 15) is 4.79 Å². The van der Waals surface area contributed by atoms with Crippen LogP contribution in [0.25, 0.3) is 0 Å². The second kappa shape index (κ2) is 11.2. The molecule has 0 unspecified atom stereocenters. The number of carbonyl (C=O) groups is 1. The Hall–Kier alpha value is -2.89. The highest BCUT2D eigenvalue weighted by Crippen LogP contribution is 2.30. The third-order valence-electron chi connectivity index (χ3n) is 8.06.